The summed E-state index contributed by atoms with van der Waals surface area (Å²) in [5, 5.41) is 0.698. The highest BCUT2D eigenvalue weighted by Crippen LogP contribution is 2.31. The summed E-state index contributed by atoms with van der Waals surface area (Å²) < 4.78 is 0.982. The van der Waals surface area contributed by atoms with Crippen LogP contribution in [0.5, 0.6) is 0 Å². The monoisotopic (exact) mass is 352 g/mol. The van der Waals surface area contributed by atoms with Crippen LogP contribution in [0.3, 0.4) is 0 Å². The molecule has 0 bridgehead atoms. The minimum absolute atomic E-state index is 0.124. The lowest BCUT2D eigenvalue weighted by Crippen LogP contribution is -2.29. The molecule has 1 atom stereocenters. The van der Waals surface area contributed by atoms with Crippen LogP contribution in [-0.2, 0) is 0 Å². The fraction of sp³-hybridized carbons (Fsp3) is 0.250. The molecule has 4 heteroatoms. The summed E-state index contributed by atoms with van der Waals surface area (Å²) >= 11 is 9.75. The van der Waals surface area contributed by atoms with Crippen LogP contribution in [0.25, 0.3) is 0 Å². The predicted octanol–water partition coefficient (Wildman–Crippen LogP) is 4.78. The predicted molar refractivity (Wildman–Crippen MR) is 88.8 cm³/mol. The third kappa shape index (κ3) is 3.41. The minimum Gasteiger partial charge on any atom is -0.271 e. The molecule has 2 nitrogen and oxygen atoms in total. The van der Waals surface area contributed by atoms with Gasteiger partial charge < -0.3 is 0 Å². The Bertz CT molecular complexity index is 582. The number of nitrogens with one attached hydrogen (secondary N) is 1. The zero-order valence-corrected chi connectivity index (χ0v) is 13.9. The van der Waals surface area contributed by atoms with E-state index in [1.54, 1.807) is 0 Å². The maximum Gasteiger partial charge on any atom is 0.0724 e. The standard InChI is InChI=1S/C16H18BrClN2/c1-10(2)11-3-5-12(6-4-11)16(20-19)14-9-13(17)7-8-15(14)18/h3-10,16,20H,19H2,1-2H3. The molecule has 0 saturated carbocycles. The summed E-state index contributed by atoms with van der Waals surface area (Å²) in [6, 6.07) is 14.1. The molecule has 0 aromatic heterocycles. The van der Waals surface area contributed by atoms with Gasteiger partial charge in [0.2, 0.25) is 0 Å². The molecule has 2 aromatic carbocycles. The third-order valence-electron chi connectivity index (χ3n) is 3.37. The zero-order chi connectivity index (χ0) is 14.7. The van der Waals surface area contributed by atoms with Crippen molar-refractivity contribution in [3.63, 3.8) is 0 Å². The van der Waals surface area contributed by atoms with Gasteiger partial charge in [-0.3, -0.25) is 5.84 Å². The molecule has 0 fully saturated rings. The molecule has 0 aliphatic carbocycles. The lowest BCUT2D eigenvalue weighted by molar-refractivity contribution is 0.636. The van der Waals surface area contributed by atoms with Gasteiger partial charge >= 0.3 is 0 Å². The van der Waals surface area contributed by atoms with Crippen molar-refractivity contribution in [2.24, 2.45) is 5.84 Å². The van der Waals surface area contributed by atoms with Crippen LogP contribution in [-0.4, -0.2) is 0 Å². The Morgan fingerprint density at radius 2 is 1.65 bits per heavy atom. The fourth-order valence-electron chi connectivity index (χ4n) is 2.17. The number of hydrazine groups is 1. The summed E-state index contributed by atoms with van der Waals surface area (Å²) in [7, 11) is 0. The van der Waals surface area contributed by atoms with Crippen molar-refractivity contribution in [1.29, 1.82) is 0 Å². The van der Waals surface area contributed by atoms with E-state index < -0.39 is 0 Å². The summed E-state index contributed by atoms with van der Waals surface area (Å²) in [6.45, 7) is 4.36. The molecule has 106 valence electrons. The Morgan fingerprint density at radius 1 is 1.05 bits per heavy atom. The zero-order valence-electron chi connectivity index (χ0n) is 11.5. The van der Waals surface area contributed by atoms with Gasteiger partial charge in [0.15, 0.2) is 0 Å². The van der Waals surface area contributed by atoms with Crippen molar-refractivity contribution in [1.82, 2.24) is 5.43 Å². The lowest BCUT2D eigenvalue weighted by atomic mass is 9.95. The van der Waals surface area contributed by atoms with Crippen molar-refractivity contribution in [3.05, 3.63) is 68.7 Å². The lowest BCUT2D eigenvalue weighted by Gasteiger charge is -2.19. The molecule has 0 spiro atoms. The number of hydrogen-bond donors (Lipinski definition) is 2. The molecule has 0 radical (unpaired) electrons. The number of nitrogens with two attached hydrogens (primary N) is 1. The Labute approximate surface area is 133 Å². The second-order valence-corrected chi connectivity index (χ2v) is 6.41. The first-order chi connectivity index (χ1) is 9.52. The molecule has 0 heterocycles. The third-order valence-corrected chi connectivity index (χ3v) is 4.21. The Balaban J connectivity index is 2.39. The van der Waals surface area contributed by atoms with Gasteiger partial charge in [-0.15, -0.1) is 0 Å². The molecule has 3 N–H and O–H groups in total. The molecule has 1 unspecified atom stereocenters. The first kappa shape index (κ1) is 15.5. The summed E-state index contributed by atoms with van der Waals surface area (Å²) in [4.78, 5) is 0. The SMILES string of the molecule is CC(C)c1ccc(C(NN)c2cc(Br)ccc2Cl)cc1. The van der Waals surface area contributed by atoms with Crippen molar-refractivity contribution in [2.45, 2.75) is 25.8 Å². The molecule has 0 aliphatic heterocycles. The Kier molecular flexibility index (Phi) is 5.22. The fourth-order valence-corrected chi connectivity index (χ4v) is 2.78. The van der Waals surface area contributed by atoms with Crippen LogP contribution in [0.1, 0.15) is 42.5 Å². The van der Waals surface area contributed by atoms with Gasteiger partial charge in [0.05, 0.1) is 6.04 Å². The highest BCUT2D eigenvalue weighted by atomic mass is 79.9. The highest BCUT2D eigenvalue weighted by molar-refractivity contribution is 9.10. The number of benzene rings is 2. The van der Waals surface area contributed by atoms with Crippen LogP contribution in [0.2, 0.25) is 5.02 Å². The van der Waals surface area contributed by atoms with Gasteiger partial charge in [-0.2, -0.15) is 0 Å². The summed E-state index contributed by atoms with van der Waals surface area (Å²) in [5.41, 5.74) is 6.21. The molecule has 20 heavy (non-hydrogen) atoms. The average molecular weight is 354 g/mol. The first-order valence-electron chi connectivity index (χ1n) is 6.54. The largest absolute Gasteiger partial charge is 0.271 e. The van der Waals surface area contributed by atoms with E-state index in [0.717, 1.165) is 15.6 Å². The van der Waals surface area contributed by atoms with Gasteiger partial charge in [0.25, 0.3) is 0 Å². The van der Waals surface area contributed by atoms with Gasteiger partial charge in [-0.05, 0) is 40.8 Å². The van der Waals surface area contributed by atoms with Gasteiger partial charge in [-0.1, -0.05) is 65.6 Å². The maximum atomic E-state index is 6.28. The summed E-state index contributed by atoms with van der Waals surface area (Å²) in [6.07, 6.45) is 0. The first-order valence-corrected chi connectivity index (χ1v) is 7.71. The number of halogens is 2. The second kappa shape index (κ2) is 6.72. The number of rotatable bonds is 4. The van der Waals surface area contributed by atoms with Crippen molar-refractivity contribution in [3.8, 4) is 0 Å². The van der Waals surface area contributed by atoms with E-state index in [-0.39, 0.29) is 6.04 Å². The van der Waals surface area contributed by atoms with Crippen LogP contribution < -0.4 is 11.3 Å². The van der Waals surface area contributed by atoms with Crippen molar-refractivity contribution in [2.75, 3.05) is 0 Å². The maximum absolute atomic E-state index is 6.28. The molecule has 2 aromatic rings. The van der Waals surface area contributed by atoms with Gasteiger partial charge in [0.1, 0.15) is 0 Å². The quantitative estimate of drug-likeness (QED) is 0.613. The van der Waals surface area contributed by atoms with E-state index >= 15 is 0 Å². The molecule has 0 saturated heterocycles. The average Bonchev–Trinajstić information content (AvgIpc) is 2.44. The van der Waals surface area contributed by atoms with Crippen molar-refractivity contribution < 1.29 is 0 Å². The number of hydrogen-bond acceptors (Lipinski definition) is 2. The topological polar surface area (TPSA) is 38.0 Å². The van der Waals surface area contributed by atoms with E-state index in [9.17, 15) is 0 Å². The molecule has 0 amide bonds. The van der Waals surface area contributed by atoms with Crippen LogP contribution >= 0.6 is 27.5 Å². The van der Waals surface area contributed by atoms with E-state index in [2.05, 4.69) is 59.5 Å². The van der Waals surface area contributed by atoms with Gasteiger partial charge in [0, 0.05) is 9.50 Å². The van der Waals surface area contributed by atoms with Gasteiger partial charge in [-0.25, -0.2) is 5.43 Å². The van der Waals surface area contributed by atoms with Crippen LogP contribution in [0.4, 0.5) is 0 Å². The van der Waals surface area contributed by atoms with E-state index in [1.807, 2.05) is 18.2 Å². The van der Waals surface area contributed by atoms with E-state index in [1.165, 1.54) is 5.56 Å². The smallest absolute Gasteiger partial charge is 0.0724 e. The second-order valence-electron chi connectivity index (χ2n) is 5.09. The summed E-state index contributed by atoms with van der Waals surface area (Å²) in [5.74, 6) is 6.25. The van der Waals surface area contributed by atoms with E-state index in [0.29, 0.717) is 10.9 Å². The molecule has 2 rings (SSSR count). The minimum atomic E-state index is -0.124. The Morgan fingerprint density at radius 3 is 2.20 bits per heavy atom. The molecule has 0 aliphatic rings. The molecular formula is C16H18BrClN2. The van der Waals surface area contributed by atoms with Crippen molar-refractivity contribution >= 4 is 27.5 Å². The van der Waals surface area contributed by atoms with E-state index in [4.69, 9.17) is 17.4 Å². The normalized spacial score (nSPS) is 12.7. The van der Waals surface area contributed by atoms with Crippen LogP contribution in [0, 0.1) is 0 Å². The molecular weight excluding hydrogens is 336 g/mol. The highest BCUT2D eigenvalue weighted by Gasteiger charge is 2.16. The van der Waals surface area contributed by atoms with Crippen LogP contribution in [0.15, 0.2) is 46.9 Å². The Hall–Kier alpha value is -0.870.